The second-order valence-corrected chi connectivity index (χ2v) is 4.45. The molecule has 0 saturated heterocycles. The maximum atomic E-state index is 11.4. The fourth-order valence-corrected chi connectivity index (χ4v) is 1.49. The first-order valence-electron chi connectivity index (χ1n) is 6.35. The molecule has 0 heterocycles. The Bertz CT molecular complexity index is 361. The molecule has 1 aromatic rings. The van der Waals surface area contributed by atoms with Gasteiger partial charge in [0.25, 0.3) is 0 Å². The van der Waals surface area contributed by atoms with Crippen molar-refractivity contribution in [2.24, 2.45) is 5.73 Å². The van der Waals surface area contributed by atoms with Crippen LogP contribution in [0.3, 0.4) is 0 Å². The lowest BCUT2D eigenvalue weighted by molar-refractivity contribution is -0.121. The molecule has 0 radical (unpaired) electrons. The highest BCUT2D eigenvalue weighted by atomic mass is 16.5. The second kappa shape index (κ2) is 7.71. The predicted molar refractivity (Wildman–Crippen MR) is 72.3 cm³/mol. The molecular formula is C14H22N2O2. The van der Waals surface area contributed by atoms with Gasteiger partial charge in [-0.05, 0) is 31.0 Å². The molecule has 3 N–H and O–H groups in total. The number of hydrogen-bond acceptors (Lipinski definition) is 3. The Balaban J connectivity index is 2.37. The van der Waals surface area contributed by atoms with Crippen LogP contribution >= 0.6 is 0 Å². The molecule has 18 heavy (non-hydrogen) atoms. The average molecular weight is 250 g/mol. The molecule has 0 aliphatic carbocycles. The highest BCUT2D eigenvalue weighted by Gasteiger charge is 2.04. The first kappa shape index (κ1) is 14.5. The number of carbonyl (C=O) groups is 1. The van der Waals surface area contributed by atoms with Gasteiger partial charge in [0.1, 0.15) is 5.75 Å². The number of carbonyl (C=O) groups excluding carboxylic acids is 1. The Kier molecular flexibility index (Phi) is 6.22. The molecule has 0 fully saturated rings. The van der Waals surface area contributed by atoms with Crippen molar-refractivity contribution in [3.63, 3.8) is 0 Å². The van der Waals surface area contributed by atoms with Crippen LogP contribution in [0.1, 0.15) is 32.3 Å². The van der Waals surface area contributed by atoms with E-state index in [9.17, 15) is 4.79 Å². The highest BCUT2D eigenvalue weighted by Crippen LogP contribution is 2.12. The van der Waals surface area contributed by atoms with Crippen LogP contribution < -0.4 is 15.8 Å². The molecule has 0 spiro atoms. The maximum Gasteiger partial charge on any atom is 0.221 e. The normalized spacial score (nSPS) is 11.9. The van der Waals surface area contributed by atoms with Crippen molar-refractivity contribution >= 4 is 5.91 Å². The van der Waals surface area contributed by atoms with E-state index < -0.39 is 0 Å². The fourth-order valence-electron chi connectivity index (χ4n) is 1.49. The molecule has 0 aliphatic heterocycles. The van der Waals surface area contributed by atoms with Crippen molar-refractivity contribution in [3.8, 4) is 5.75 Å². The van der Waals surface area contributed by atoms with Crippen LogP contribution in [-0.4, -0.2) is 18.6 Å². The lowest BCUT2D eigenvalue weighted by atomic mass is 10.2. The van der Waals surface area contributed by atoms with Crippen LogP contribution in [0.25, 0.3) is 0 Å². The van der Waals surface area contributed by atoms with Crippen molar-refractivity contribution in [2.45, 2.75) is 39.3 Å². The van der Waals surface area contributed by atoms with E-state index in [1.807, 2.05) is 31.2 Å². The Hall–Kier alpha value is -1.55. The van der Waals surface area contributed by atoms with E-state index in [2.05, 4.69) is 12.2 Å². The minimum Gasteiger partial charge on any atom is -0.494 e. The Labute approximate surface area is 109 Å². The van der Waals surface area contributed by atoms with Crippen LogP contribution in [0.4, 0.5) is 0 Å². The minimum absolute atomic E-state index is 0.0173. The minimum atomic E-state index is -0.102. The van der Waals surface area contributed by atoms with Gasteiger partial charge in [0, 0.05) is 19.0 Å². The second-order valence-electron chi connectivity index (χ2n) is 4.45. The summed E-state index contributed by atoms with van der Waals surface area (Å²) in [6.07, 6.45) is 1.35. The molecule has 0 aromatic heterocycles. The standard InChI is InChI=1S/C14H22N2O2/c1-3-8-18-13-6-4-12(5-7-13)10-16-14(17)9-11(2)15/h4-7,11H,3,8-10,15H2,1-2H3,(H,16,17). The molecule has 0 saturated carbocycles. The molecule has 1 unspecified atom stereocenters. The number of amides is 1. The summed E-state index contributed by atoms with van der Waals surface area (Å²) < 4.78 is 5.48. The summed E-state index contributed by atoms with van der Waals surface area (Å²) in [4.78, 5) is 11.4. The summed E-state index contributed by atoms with van der Waals surface area (Å²) in [6, 6.07) is 7.65. The maximum absolute atomic E-state index is 11.4. The van der Waals surface area contributed by atoms with Crippen molar-refractivity contribution in [3.05, 3.63) is 29.8 Å². The lowest BCUT2D eigenvalue weighted by Gasteiger charge is -2.08. The quantitative estimate of drug-likeness (QED) is 0.776. The molecular weight excluding hydrogens is 228 g/mol. The van der Waals surface area contributed by atoms with Crippen LogP contribution in [0.5, 0.6) is 5.75 Å². The molecule has 0 bridgehead atoms. The predicted octanol–water partition coefficient (Wildman–Crippen LogP) is 1.83. The molecule has 1 atom stereocenters. The molecule has 4 heteroatoms. The van der Waals surface area contributed by atoms with Crippen molar-refractivity contribution in [2.75, 3.05) is 6.61 Å². The third-order valence-corrected chi connectivity index (χ3v) is 2.39. The van der Waals surface area contributed by atoms with Gasteiger partial charge in [0.05, 0.1) is 6.61 Å². The third-order valence-electron chi connectivity index (χ3n) is 2.39. The SMILES string of the molecule is CCCOc1ccc(CNC(=O)CC(C)N)cc1. The highest BCUT2D eigenvalue weighted by molar-refractivity contribution is 5.76. The van der Waals surface area contributed by atoms with Crippen LogP contribution in [0, 0.1) is 0 Å². The van der Waals surface area contributed by atoms with E-state index in [0.717, 1.165) is 24.3 Å². The Morgan fingerprint density at radius 2 is 2.06 bits per heavy atom. The van der Waals surface area contributed by atoms with Gasteiger partial charge in [-0.2, -0.15) is 0 Å². The summed E-state index contributed by atoms with van der Waals surface area (Å²) >= 11 is 0. The monoisotopic (exact) mass is 250 g/mol. The zero-order chi connectivity index (χ0) is 13.4. The van der Waals surface area contributed by atoms with Gasteiger partial charge in [0.15, 0.2) is 0 Å². The van der Waals surface area contributed by atoms with Crippen LogP contribution in [0.15, 0.2) is 24.3 Å². The molecule has 1 aromatic carbocycles. The van der Waals surface area contributed by atoms with E-state index in [-0.39, 0.29) is 11.9 Å². The van der Waals surface area contributed by atoms with E-state index in [4.69, 9.17) is 10.5 Å². The molecule has 0 aliphatic rings. The largest absolute Gasteiger partial charge is 0.494 e. The smallest absolute Gasteiger partial charge is 0.221 e. The number of benzene rings is 1. The first-order valence-corrected chi connectivity index (χ1v) is 6.35. The number of nitrogens with one attached hydrogen (secondary N) is 1. The van der Waals surface area contributed by atoms with Gasteiger partial charge < -0.3 is 15.8 Å². The van der Waals surface area contributed by atoms with Gasteiger partial charge >= 0.3 is 0 Å². The summed E-state index contributed by atoms with van der Waals surface area (Å²) in [5.41, 5.74) is 6.60. The van der Waals surface area contributed by atoms with Gasteiger partial charge in [-0.15, -0.1) is 0 Å². The Morgan fingerprint density at radius 1 is 1.39 bits per heavy atom. The van der Waals surface area contributed by atoms with Gasteiger partial charge in [-0.1, -0.05) is 19.1 Å². The number of nitrogens with two attached hydrogens (primary N) is 1. The number of rotatable bonds is 7. The summed E-state index contributed by atoms with van der Waals surface area (Å²) in [5, 5.41) is 2.83. The topological polar surface area (TPSA) is 64.3 Å². The van der Waals surface area contributed by atoms with Gasteiger partial charge in [0.2, 0.25) is 5.91 Å². The van der Waals surface area contributed by atoms with E-state index >= 15 is 0 Å². The first-order chi connectivity index (χ1) is 8.61. The zero-order valence-corrected chi connectivity index (χ0v) is 11.1. The summed E-state index contributed by atoms with van der Waals surface area (Å²) in [7, 11) is 0. The average Bonchev–Trinajstić information content (AvgIpc) is 2.34. The third kappa shape index (κ3) is 5.68. The van der Waals surface area contributed by atoms with Gasteiger partial charge in [-0.3, -0.25) is 4.79 Å². The Morgan fingerprint density at radius 3 is 2.61 bits per heavy atom. The van der Waals surface area contributed by atoms with Crippen molar-refractivity contribution in [1.82, 2.24) is 5.32 Å². The number of ether oxygens (including phenoxy) is 1. The molecule has 100 valence electrons. The lowest BCUT2D eigenvalue weighted by Crippen LogP contribution is -2.29. The van der Waals surface area contributed by atoms with Gasteiger partial charge in [-0.25, -0.2) is 0 Å². The van der Waals surface area contributed by atoms with E-state index in [1.165, 1.54) is 0 Å². The zero-order valence-electron chi connectivity index (χ0n) is 11.1. The van der Waals surface area contributed by atoms with Crippen LogP contribution in [0.2, 0.25) is 0 Å². The molecule has 4 nitrogen and oxygen atoms in total. The summed E-state index contributed by atoms with van der Waals surface area (Å²) in [6.45, 7) is 5.14. The van der Waals surface area contributed by atoms with Crippen LogP contribution in [-0.2, 0) is 11.3 Å². The van der Waals surface area contributed by atoms with Crippen molar-refractivity contribution < 1.29 is 9.53 Å². The van der Waals surface area contributed by atoms with E-state index in [1.54, 1.807) is 0 Å². The molecule has 1 rings (SSSR count). The van der Waals surface area contributed by atoms with E-state index in [0.29, 0.717) is 13.0 Å². The number of hydrogen-bond donors (Lipinski definition) is 2. The fraction of sp³-hybridized carbons (Fsp3) is 0.500. The summed E-state index contributed by atoms with van der Waals surface area (Å²) in [5.74, 6) is 0.846. The van der Waals surface area contributed by atoms with Crippen molar-refractivity contribution in [1.29, 1.82) is 0 Å². The molecule has 1 amide bonds.